The fourth-order valence-corrected chi connectivity index (χ4v) is 3.64. The zero-order valence-electron chi connectivity index (χ0n) is 12.1. The molecule has 1 aromatic heterocycles. The highest BCUT2D eigenvalue weighted by Crippen LogP contribution is 2.30. The molecule has 1 fully saturated rings. The third-order valence-corrected chi connectivity index (χ3v) is 4.85. The standard InChI is InChI=1S/C16H14N2O2S2/c1-10-3-8-13(21-10)9-14-15(19)18-16(22-14)17-11-4-6-12(20-2)7-5-11/h3-9H,1-2H3,(H,17,18,19)/b14-9+. The number of methoxy groups -OCH3 is 1. The number of aliphatic imine (C=N–C) groups is 1. The first-order chi connectivity index (χ1) is 10.6. The predicted octanol–water partition coefficient (Wildman–Crippen LogP) is 3.96. The van der Waals surface area contributed by atoms with Crippen LogP contribution in [0.4, 0.5) is 5.69 Å². The molecule has 1 amide bonds. The maximum Gasteiger partial charge on any atom is 0.264 e. The second-order valence-corrected chi connectivity index (χ2v) is 6.98. The predicted molar refractivity (Wildman–Crippen MR) is 92.9 cm³/mol. The molecule has 6 heteroatoms. The number of benzene rings is 1. The molecule has 4 nitrogen and oxygen atoms in total. The molecule has 0 unspecified atom stereocenters. The van der Waals surface area contributed by atoms with E-state index < -0.39 is 0 Å². The Kier molecular flexibility index (Phi) is 4.31. The SMILES string of the molecule is COc1ccc(N=C2NC(=O)/C(=C\c3ccc(C)s3)S2)cc1. The van der Waals surface area contributed by atoms with Gasteiger partial charge in [0.05, 0.1) is 17.7 Å². The molecule has 0 spiro atoms. The van der Waals surface area contributed by atoms with Crippen LogP contribution in [0.1, 0.15) is 9.75 Å². The van der Waals surface area contributed by atoms with Gasteiger partial charge < -0.3 is 10.1 Å². The van der Waals surface area contributed by atoms with Crippen molar-refractivity contribution in [2.75, 3.05) is 7.11 Å². The summed E-state index contributed by atoms with van der Waals surface area (Å²) in [6.07, 6.45) is 1.90. The second-order valence-electron chi connectivity index (χ2n) is 4.63. The van der Waals surface area contributed by atoms with Gasteiger partial charge in [-0.2, -0.15) is 0 Å². The first-order valence-electron chi connectivity index (χ1n) is 6.64. The van der Waals surface area contributed by atoms with Gasteiger partial charge in [0.25, 0.3) is 5.91 Å². The zero-order valence-corrected chi connectivity index (χ0v) is 13.8. The summed E-state index contributed by atoms with van der Waals surface area (Å²) in [5.41, 5.74) is 0.775. The highest BCUT2D eigenvalue weighted by molar-refractivity contribution is 8.18. The molecule has 1 saturated heterocycles. The summed E-state index contributed by atoms with van der Waals surface area (Å²) in [6, 6.07) is 11.4. The highest BCUT2D eigenvalue weighted by Gasteiger charge is 2.23. The highest BCUT2D eigenvalue weighted by atomic mass is 32.2. The molecule has 1 aliphatic heterocycles. The molecule has 2 aromatic rings. The van der Waals surface area contributed by atoms with E-state index in [1.807, 2.05) is 49.4 Å². The third kappa shape index (κ3) is 3.40. The van der Waals surface area contributed by atoms with E-state index in [0.29, 0.717) is 10.1 Å². The van der Waals surface area contributed by atoms with Crippen molar-refractivity contribution in [2.45, 2.75) is 6.92 Å². The van der Waals surface area contributed by atoms with E-state index in [1.54, 1.807) is 18.4 Å². The number of thiophene rings is 1. The van der Waals surface area contributed by atoms with Gasteiger partial charge in [0.1, 0.15) is 5.75 Å². The van der Waals surface area contributed by atoms with Crippen LogP contribution in [0.25, 0.3) is 6.08 Å². The van der Waals surface area contributed by atoms with Gasteiger partial charge in [0.15, 0.2) is 5.17 Å². The lowest BCUT2D eigenvalue weighted by atomic mass is 10.3. The Hall–Kier alpha value is -2.05. The van der Waals surface area contributed by atoms with E-state index in [9.17, 15) is 4.79 Å². The van der Waals surface area contributed by atoms with Gasteiger partial charge in [0, 0.05) is 9.75 Å². The monoisotopic (exact) mass is 330 g/mol. The van der Waals surface area contributed by atoms with Crippen LogP contribution in [0.5, 0.6) is 5.75 Å². The number of amides is 1. The second kappa shape index (κ2) is 6.37. The molecule has 3 rings (SSSR count). The van der Waals surface area contributed by atoms with Gasteiger partial charge in [0.2, 0.25) is 0 Å². The number of aryl methyl sites for hydroxylation is 1. The van der Waals surface area contributed by atoms with E-state index >= 15 is 0 Å². The first-order valence-corrected chi connectivity index (χ1v) is 8.27. The molecule has 112 valence electrons. The molecule has 0 aliphatic carbocycles. The van der Waals surface area contributed by atoms with Crippen LogP contribution in [-0.2, 0) is 4.79 Å². The number of amidine groups is 1. The number of hydrogen-bond donors (Lipinski definition) is 1. The van der Waals surface area contributed by atoms with Gasteiger partial charge in [-0.05, 0) is 61.2 Å². The average Bonchev–Trinajstić information content (AvgIpc) is 3.06. The molecule has 1 aromatic carbocycles. The summed E-state index contributed by atoms with van der Waals surface area (Å²) in [5, 5.41) is 3.38. The Balaban J connectivity index is 1.78. The Morgan fingerprint density at radius 3 is 2.59 bits per heavy atom. The van der Waals surface area contributed by atoms with Gasteiger partial charge in [-0.15, -0.1) is 11.3 Å². The lowest BCUT2D eigenvalue weighted by Crippen LogP contribution is -2.19. The quantitative estimate of drug-likeness (QED) is 0.867. The number of hydrogen-bond acceptors (Lipinski definition) is 5. The largest absolute Gasteiger partial charge is 0.497 e. The van der Waals surface area contributed by atoms with E-state index in [2.05, 4.69) is 10.3 Å². The molecule has 0 radical (unpaired) electrons. The van der Waals surface area contributed by atoms with Crippen LogP contribution in [0.15, 0.2) is 46.3 Å². The van der Waals surface area contributed by atoms with Crippen molar-refractivity contribution >= 4 is 45.9 Å². The molecular weight excluding hydrogens is 316 g/mol. The first kappa shape index (κ1) is 14.9. The van der Waals surface area contributed by atoms with Gasteiger partial charge in [-0.1, -0.05) is 0 Å². The van der Waals surface area contributed by atoms with Crippen LogP contribution in [0.2, 0.25) is 0 Å². The average molecular weight is 330 g/mol. The van der Waals surface area contributed by atoms with Crippen molar-refractivity contribution in [1.29, 1.82) is 0 Å². The maximum absolute atomic E-state index is 12.0. The minimum absolute atomic E-state index is 0.108. The number of nitrogens with one attached hydrogen (secondary N) is 1. The lowest BCUT2D eigenvalue weighted by molar-refractivity contribution is -0.115. The van der Waals surface area contributed by atoms with Crippen LogP contribution in [0.3, 0.4) is 0 Å². The Morgan fingerprint density at radius 2 is 1.95 bits per heavy atom. The van der Waals surface area contributed by atoms with Crippen LogP contribution >= 0.6 is 23.1 Å². The van der Waals surface area contributed by atoms with Crippen molar-refractivity contribution in [3.8, 4) is 5.75 Å². The van der Waals surface area contributed by atoms with Crippen molar-refractivity contribution < 1.29 is 9.53 Å². The van der Waals surface area contributed by atoms with E-state index in [0.717, 1.165) is 16.3 Å². The van der Waals surface area contributed by atoms with E-state index in [4.69, 9.17) is 4.74 Å². The van der Waals surface area contributed by atoms with E-state index in [1.165, 1.54) is 16.6 Å². The number of rotatable bonds is 3. The Bertz CT molecular complexity index is 761. The van der Waals surface area contributed by atoms with Crippen molar-refractivity contribution in [2.24, 2.45) is 4.99 Å². The van der Waals surface area contributed by atoms with Crippen molar-refractivity contribution in [1.82, 2.24) is 5.32 Å². The number of thioether (sulfide) groups is 1. The molecule has 1 N–H and O–H groups in total. The normalized spacial score (nSPS) is 18.0. The summed E-state index contributed by atoms with van der Waals surface area (Å²) in [7, 11) is 1.62. The van der Waals surface area contributed by atoms with Gasteiger partial charge >= 0.3 is 0 Å². The third-order valence-electron chi connectivity index (χ3n) is 2.99. The molecular formula is C16H14N2O2S2. The summed E-state index contributed by atoms with van der Waals surface area (Å²) in [6.45, 7) is 2.05. The molecule has 0 saturated carbocycles. The van der Waals surface area contributed by atoms with Crippen LogP contribution in [-0.4, -0.2) is 18.2 Å². The molecule has 1 aliphatic rings. The number of ether oxygens (including phenoxy) is 1. The fourth-order valence-electron chi connectivity index (χ4n) is 1.91. The molecule has 22 heavy (non-hydrogen) atoms. The minimum Gasteiger partial charge on any atom is -0.497 e. The Morgan fingerprint density at radius 1 is 1.18 bits per heavy atom. The summed E-state index contributed by atoms with van der Waals surface area (Å²) in [4.78, 5) is 19.4. The number of carbonyl (C=O) groups excluding carboxylic acids is 1. The molecule has 0 atom stereocenters. The number of carbonyl (C=O) groups is 1. The summed E-state index contributed by atoms with van der Waals surface area (Å²) < 4.78 is 5.11. The summed E-state index contributed by atoms with van der Waals surface area (Å²) in [5.74, 6) is 0.670. The Labute approximate surface area is 136 Å². The molecule has 0 bridgehead atoms. The minimum atomic E-state index is -0.108. The van der Waals surface area contributed by atoms with Crippen molar-refractivity contribution in [3.05, 3.63) is 51.1 Å². The summed E-state index contributed by atoms with van der Waals surface area (Å²) >= 11 is 3.02. The van der Waals surface area contributed by atoms with Crippen LogP contribution < -0.4 is 10.1 Å². The lowest BCUT2D eigenvalue weighted by Gasteiger charge is -1.99. The smallest absolute Gasteiger partial charge is 0.264 e. The topological polar surface area (TPSA) is 50.7 Å². The zero-order chi connectivity index (χ0) is 15.5. The maximum atomic E-state index is 12.0. The van der Waals surface area contributed by atoms with Gasteiger partial charge in [-0.3, -0.25) is 4.79 Å². The fraction of sp³-hybridized carbons (Fsp3) is 0.125. The molecule has 2 heterocycles. The van der Waals surface area contributed by atoms with Crippen LogP contribution in [0, 0.1) is 6.92 Å². The van der Waals surface area contributed by atoms with E-state index in [-0.39, 0.29) is 5.91 Å². The van der Waals surface area contributed by atoms with Gasteiger partial charge in [-0.25, -0.2) is 4.99 Å². The van der Waals surface area contributed by atoms with Crippen molar-refractivity contribution in [3.63, 3.8) is 0 Å². The number of nitrogens with zero attached hydrogens (tertiary/aromatic N) is 1.